The smallest absolute Gasteiger partial charge is 0.237 e. The van der Waals surface area contributed by atoms with Crippen LogP contribution in [-0.4, -0.2) is 52.6 Å². The van der Waals surface area contributed by atoms with Gasteiger partial charge in [0.1, 0.15) is 11.6 Å². The molecule has 2 aliphatic rings. The minimum absolute atomic E-state index is 0.00152. The fraction of sp³-hybridized carbons (Fsp3) is 0.269. The molecule has 0 aliphatic carbocycles. The molecule has 3 atom stereocenters. The molecule has 5 rings (SSSR count). The van der Waals surface area contributed by atoms with E-state index >= 15 is 0 Å². The molecule has 0 aromatic heterocycles. The van der Waals surface area contributed by atoms with Crippen LogP contribution in [0.2, 0.25) is 0 Å². The Morgan fingerprint density at radius 2 is 1.66 bits per heavy atom. The van der Waals surface area contributed by atoms with Crippen molar-refractivity contribution in [1.29, 1.82) is 0 Å². The Kier molecular flexibility index (Phi) is 5.49. The number of benzene rings is 3. The minimum Gasteiger partial charge on any atom is -0.394 e. The van der Waals surface area contributed by atoms with Gasteiger partial charge in [-0.15, -0.1) is 0 Å². The zero-order valence-corrected chi connectivity index (χ0v) is 17.5. The third-order valence-corrected chi connectivity index (χ3v) is 6.62. The third kappa shape index (κ3) is 3.70. The molecule has 0 saturated carbocycles. The average molecular weight is 434 g/mol. The summed E-state index contributed by atoms with van der Waals surface area (Å²) in [6.07, 6.45) is 0. The molecule has 1 amide bonds. The first kappa shape index (κ1) is 20.8. The number of carbonyl (C=O) groups excluding carboxylic acids is 1. The maximum atomic E-state index is 14.1. The number of hydrogen-bond donors (Lipinski definition) is 1. The van der Waals surface area contributed by atoms with Crippen molar-refractivity contribution in [3.05, 3.63) is 95.6 Å². The Balaban J connectivity index is 1.36. The van der Waals surface area contributed by atoms with Crippen molar-refractivity contribution in [1.82, 2.24) is 9.80 Å². The van der Waals surface area contributed by atoms with Gasteiger partial charge in [-0.25, -0.2) is 8.78 Å². The zero-order chi connectivity index (χ0) is 22.2. The maximum Gasteiger partial charge on any atom is 0.237 e. The number of nitrogens with zero attached hydrogens (tertiary/aromatic N) is 2. The van der Waals surface area contributed by atoms with Crippen molar-refractivity contribution >= 4 is 5.91 Å². The van der Waals surface area contributed by atoms with Gasteiger partial charge in [-0.2, -0.15) is 0 Å². The van der Waals surface area contributed by atoms with Gasteiger partial charge in [-0.05, 0) is 34.9 Å². The maximum absolute atomic E-state index is 14.1. The van der Waals surface area contributed by atoms with Gasteiger partial charge in [0.15, 0.2) is 0 Å². The van der Waals surface area contributed by atoms with Crippen molar-refractivity contribution < 1.29 is 18.7 Å². The molecular weight excluding hydrogens is 410 g/mol. The molecule has 32 heavy (non-hydrogen) atoms. The van der Waals surface area contributed by atoms with Crippen LogP contribution in [0.5, 0.6) is 0 Å². The normalized spacial score (nSPS) is 23.0. The molecule has 3 aromatic rings. The molecule has 0 spiro atoms. The average Bonchev–Trinajstić information content (AvgIpc) is 2.78. The van der Waals surface area contributed by atoms with Crippen LogP contribution in [-0.2, 0) is 11.3 Å². The number of piperazine rings is 1. The van der Waals surface area contributed by atoms with Gasteiger partial charge in [0, 0.05) is 24.6 Å². The van der Waals surface area contributed by atoms with Crippen molar-refractivity contribution in [2.75, 3.05) is 19.7 Å². The summed E-state index contributed by atoms with van der Waals surface area (Å²) in [7, 11) is 0. The van der Waals surface area contributed by atoms with Crippen molar-refractivity contribution in [3.63, 3.8) is 0 Å². The SMILES string of the molecule is O=C1CN(Cc2ccc(F)cc2)C[C@H]2[C@H](c3ccc(-c4ccccc4F)cc3)[C@@H](CO)N12. The molecule has 0 unspecified atom stereocenters. The summed E-state index contributed by atoms with van der Waals surface area (Å²) in [5.74, 6) is -0.535. The second-order valence-electron chi connectivity index (χ2n) is 8.54. The predicted octanol–water partition coefficient (Wildman–Crippen LogP) is 3.80. The Morgan fingerprint density at radius 3 is 2.34 bits per heavy atom. The lowest BCUT2D eigenvalue weighted by molar-refractivity contribution is -0.162. The van der Waals surface area contributed by atoms with Crippen LogP contribution in [0.15, 0.2) is 72.8 Å². The quantitative estimate of drug-likeness (QED) is 0.664. The van der Waals surface area contributed by atoms with Crippen molar-refractivity contribution in [3.8, 4) is 11.1 Å². The van der Waals surface area contributed by atoms with Crippen LogP contribution in [0.25, 0.3) is 11.1 Å². The number of aliphatic hydroxyl groups is 1. The monoisotopic (exact) mass is 434 g/mol. The number of carbonyl (C=O) groups is 1. The Hall–Kier alpha value is -3.09. The summed E-state index contributed by atoms with van der Waals surface area (Å²) in [5, 5.41) is 9.98. The number of fused-ring (bicyclic) bond motifs is 1. The fourth-order valence-electron chi connectivity index (χ4n) is 5.11. The van der Waals surface area contributed by atoms with E-state index in [1.165, 1.54) is 18.2 Å². The highest BCUT2D eigenvalue weighted by molar-refractivity contribution is 5.81. The van der Waals surface area contributed by atoms with Crippen LogP contribution in [0.4, 0.5) is 8.78 Å². The van der Waals surface area contributed by atoms with E-state index in [-0.39, 0.29) is 48.7 Å². The Morgan fingerprint density at radius 1 is 0.938 bits per heavy atom. The first-order chi connectivity index (χ1) is 15.5. The van der Waals surface area contributed by atoms with E-state index < -0.39 is 0 Å². The number of rotatable bonds is 5. The lowest BCUT2D eigenvalue weighted by Gasteiger charge is -2.59. The molecule has 2 fully saturated rings. The molecule has 1 N–H and O–H groups in total. The van der Waals surface area contributed by atoms with E-state index in [9.17, 15) is 18.7 Å². The summed E-state index contributed by atoms with van der Waals surface area (Å²) < 4.78 is 27.3. The highest BCUT2D eigenvalue weighted by Crippen LogP contribution is 2.43. The van der Waals surface area contributed by atoms with Gasteiger partial charge in [-0.1, -0.05) is 54.6 Å². The second-order valence-corrected chi connectivity index (χ2v) is 8.54. The number of amides is 1. The first-order valence-electron chi connectivity index (χ1n) is 10.8. The van der Waals surface area contributed by atoms with Crippen molar-refractivity contribution in [2.24, 2.45) is 0 Å². The predicted molar refractivity (Wildman–Crippen MR) is 118 cm³/mol. The summed E-state index contributed by atoms with van der Waals surface area (Å²) in [4.78, 5) is 16.7. The Labute approximate surface area is 185 Å². The lowest BCUT2D eigenvalue weighted by Crippen LogP contribution is -2.72. The van der Waals surface area contributed by atoms with E-state index in [4.69, 9.17) is 0 Å². The summed E-state index contributed by atoms with van der Waals surface area (Å²) >= 11 is 0. The first-order valence-corrected chi connectivity index (χ1v) is 10.8. The van der Waals surface area contributed by atoms with E-state index in [1.54, 1.807) is 35.2 Å². The molecule has 2 heterocycles. The second kappa shape index (κ2) is 8.45. The van der Waals surface area contributed by atoms with E-state index in [0.717, 1.165) is 16.7 Å². The van der Waals surface area contributed by atoms with Crippen LogP contribution in [0.1, 0.15) is 17.0 Å². The molecule has 3 aromatic carbocycles. The van der Waals surface area contributed by atoms with Crippen LogP contribution in [0, 0.1) is 11.6 Å². The summed E-state index contributed by atoms with van der Waals surface area (Å²) in [6.45, 7) is 1.43. The number of aliphatic hydroxyl groups excluding tert-OH is 1. The van der Waals surface area contributed by atoms with E-state index in [0.29, 0.717) is 18.7 Å². The van der Waals surface area contributed by atoms with E-state index in [2.05, 4.69) is 4.90 Å². The molecule has 0 bridgehead atoms. The molecule has 4 nitrogen and oxygen atoms in total. The highest BCUT2D eigenvalue weighted by atomic mass is 19.1. The molecular formula is C26H24F2N2O2. The summed E-state index contributed by atoms with van der Waals surface area (Å²) in [6, 6.07) is 20.4. The van der Waals surface area contributed by atoms with Gasteiger partial charge in [0.2, 0.25) is 5.91 Å². The topological polar surface area (TPSA) is 43.8 Å². The van der Waals surface area contributed by atoms with E-state index in [1.807, 2.05) is 24.3 Å². The number of halogens is 2. The molecule has 164 valence electrons. The molecule has 0 radical (unpaired) electrons. The van der Waals surface area contributed by atoms with Gasteiger partial charge in [-0.3, -0.25) is 9.69 Å². The third-order valence-electron chi connectivity index (χ3n) is 6.62. The zero-order valence-electron chi connectivity index (χ0n) is 17.5. The fourth-order valence-corrected chi connectivity index (χ4v) is 5.11. The lowest BCUT2D eigenvalue weighted by atomic mass is 9.73. The van der Waals surface area contributed by atoms with Gasteiger partial charge in [0.25, 0.3) is 0 Å². The molecule has 6 heteroatoms. The van der Waals surface area contributed by atoms with Gasteiger partial charge in [0.05, 0.1) is 25.2 Å². The van der Waals surface area contributed by atoms with Gasteiger partial charge < -0.3 is 10.0 Å². The van der Waals surface area contributed by atoms with Crippen LogP contribution in [0.3, 0.4) is 0 Å². The minimum atomic E-state index is -0.279. The summed E-state index contributed by atoms with van der Waals surface area (Å²) in [5.41, 5.74) is 3.32. The standard InChI is InChI=1S/C26H24F2N2O2/c27-20-11-5-17(6-12-20)13-29-14-23-26(24(16-31)30(23)25(32)15-29)19-9-7-18(8-10-19)21-3-1-2-4-22(21)28/h1-12,23-24,26,31H,13-16H2/t23-,24+,26-/m0/s1. The van der Waals surface area contributed by atoms with Crippen molar-refractivity contribution in [2.45, 2.75) is 24.5 Å². The largest absolute Gasteiger partial charge is 0.394 e. The number of hydrogen-bond acceptors (Lipinski definition) is 3. The highest BCUT2D eigenvalue weighted by Gasteiger charge is 2.53. The molecule has 2 aliphatic heterocycles. The molecule has 2 saturated heterocycles. The Bertz CT molecular complexity index is 1120. The van der Waals surface area contributed by atoms with Crippen LogP contribution >= 0.6 is 0 Å². The van der Waals surface area contributed by atoms with Crippen LogP contribution < -0.4 is 0 Å². The van der Waals surface area contributed by atoms with Gasteiger partial charge >= 0.3 is 0 Å².